The van der Waals surface area contributed by atoms with Crippen molar-refractivity contribution in [1.82, 2.24) is 19.2 Å². The van der Waals surface area contributed by atoms with Crippen molar-refractivity contribution in [2.45, 2.75) is 31.3 Å². The predicted molar refractivity (Wildman–Crippen MR) is 211 cm³/mol. The average Bonchev–Trinajstić information content (AvgIpc) is 3.68. The zero-order chi connectivity index (χ0) is 35.8. The molecule has 1 saturated carbocycles. The van der Waals surface area contributed by atoms with E-state index in [-0.39, 0.29) is 12.0 Å². The van der Waals surface area contributed by atoms with Crippen LogP contribution in [0.1, 0.15) is 37.0 Å². The van der Waals surface area contributed by atoms with Crippen molar-refractivity contribution in [3.63, 3.8) is 0 Å². The summed E-state index contributed by atoms with van der Waals surface area (Å²) in [6.45, 7) is 2.00. The second-order valence-corrected chi connectivity index (χ2v) is 14.3. The molecular weight excluding hydrogens is 687 g/mol. The molecule has 4 aromatic carbocycles. The molecule has 1 aliphatic carbocycles. The third kappa shape index (κ3) is 6.99. The molecule has 1 atom stereocenters. The second kappa shape index (κ2) is 14.1. The highest BCUT2D eigenvalue weighted by Gasteiger charge is 2.43. The lowest BCUT2D eigenvalue weighted by Gasteiger charge is -2.13. The Morgan fingerprint density at radius 2 is 1.08 bits per heavy atom. The first kappa shape index (κ1) is 33.9. The Morgan fingerprint density at radius 1 is 0.596 bits per heavy atom. The maximum absolute atomic E-state index is 9.79. The first-order chi connectivity index (χ1) is 25.3. The van der Waals surface area contributed by atoms with Gasteiger partial charge in [-0.15, -0.1) is 0 Å². The average molecular weight is 724 g/mol. The highest BCUT2D eigenvalue weighted by molar-refractivity contribution is 6.30. The van der Waals surface area contributed by atoms with Gasteiger partial charge in [0.1, 0.15) is 0 Å². The number of pyridine rings is 2. The fourth-order valence-corrected chi connectivity index (χ4v) is 6.82. The monoisotopic (exact) mass is 722 g/mol. The minimum atomic E-state index is -0.477. The number of aromatic nitrogens is 4. The molecule has 8 aromatic rings. The zero-order valence-electron chi connectivity index (χ0n) is 28.5. The van der Waals surface area contributed by atoms with Gasteiger partial charge in [0.15, 0.2) is 0 Å². The van der Waals surface area contributed by atoms with Crippen molar-refractivity contribution >= 4 is 34.2 Å². The largest absolute Gasteiger partial charge is 0.395 e. The van der Waals surface area contributed by atoms with Crippen molar-refractivity contribution in [3.05, 3.63) is 167 Å². The summed E-state index contributed by atoms with van der Waals surface area (Å²) in [7, 11) is 0. The van der Waals surface area contributed by atoms with Crippen LogP contribution in [0.5, 0.6) is 0 Å². The second-order valence-electron chi connectivity index (χ2n) is 13.5. The minimum Gasteiger partial charge on any atom is -0.395 e. The predicted octanol–water partition coefficient (Wildman–Crippen LogP) is 10.7. The molecule has 0 amide bonds. The van der Waals surface area contributed by atoms with Gasteiger partial charge < -0.3 is 10.2 Å². The van der Waals surface area contributed by atoms with Crippen LogP contribution in [0.15, 0.2) is 146 Å². The molecule has 0 aliphatic heterocycles. The standard InChI is InChI=1S/C23H19ClN2O.C21H17ClN2O/c24-20-6-4-16(5-7-20)22-14-21-13-18(8-11-26(21)25-22)17-2-1-3-19(12-17)23(15-27)9-10-23;1-14(25)16-3-2-4-17(11-16)18-9-10-24-20(12-18)13-21(23-24)15-5-7-19(22)8-6-15/h1-8,11-14,27H,9-10,15H2;2-14,25H,1H3. The molecule has 52 heavy (non-hydrogen) atoms. The van der Waals surface area contributed by atoms with Crippen molar-refractivity contribution < 1.29 is 10.2 Å². The van der Waals surface area contributed by atoms with Gasteiger partial charge in [0.25, 0.3) is 0 Å². The fraction of sp³-hybridized carbons (Fsp3) is 0.136. The molecule has 1 aliphatic rings. The molecule has 2 N–H and O–H groups in total. The maximum atomic E-state index is 9.79. The summed E-state index contributed by atoms with van der Waals surface area (Å²) >= 11 is 11.9. The van der Waals surface area contributed by atoms with E-state index in [0.717, 1.165) is 73.7 Å². The van der Waals surface area contributed by atoms with Gasteiger partial charge in [0, 0.05) is 39.0 Å². The molecular formula is C44H36Cl2N4O2. The van der Waals surface area contributed by atoms with E-state index in [1.807, 2.05) is 100 Å². The quantitative estimate of drug-likeness (QED) is 0.172. The molecule has 9 rings (SSSR count). The van der Waals surface area contributed by atoms with E-state index < -0.39 is 6.10 Å². The third-order valence-corrected chi connectivity index (χ3v) is 10.4. The van der Waals surface area contributed by atoms with Crippen molar-refractivity contribution in [1.29, 1.82) is 0 Å². The fourth-order valence-electron chi connectivity index (χ4n) is 6.57. The van der Waals surface area contributed by atoms with Crippen LogP contribution in [0, 0.1) is 0 Å². The highest BCUT2D eigenvalue weighted by Crippen LogP contribution is 2.48. The van der Waals surface area contributed by atoms with Crippen LogP contribution in [0.25, 0.3) is 55.8 Å². The third-order valence-electron chi connectivity index (χ3n) is 9.87. The van der Waals surface area contributed by atoms with E-state index in [4.69, 9.17) is 23.2 Å². The summed E-state index contributed by atoms with van der Waals surface area (Å²) in [5.74, 6) is 0. The van der Waals surface area contributed by atoms with Crippen molar-refractivity contribution in [2.75, 3.05) is 6.61 Å². The van der Waals surface area contributed by atoms with Gasteiger partial charge in [-0.3, -0.25) is 0 Å². The number of halogens is 2. The number of hydrogen-bond acceptors (Lipinski definition) is 4. The lowest BCUT2D eigenvalue weighted by atomic mass is 9.93. The molecule has 8 heteroatoms. The van der Waals surface area contributed by atoms with Crippen LogP contribution in [0.2, 0.25) is 10.0 Å². The van der Waals surface area contributed by atoms with Gasteiger partial charge in [-0.1, -0.05) is 89.9 Å². The Balaban J connectivity index is 0.000000149. The Labute approximate surface area is 312 Å². The van der Waals surface area contributed by atoms with Crippen LogP contribution in [0.3, 0.4) is 0 Å². The lowest BCUT2D eigenvalue weighted by molar-refractivity contribution is 0.199. The number of benzene rings is 4. The van der Waals surface area contributed by atoms with Crippen LogP contribution in [0.4, 0.5) is 0 Å². The Kier molecular flexibility index (Phi) is 9.16. The van der Waals surface area contributed by atoms with Crippen LogP contribution < -0.4 is 0 Å². The summed E-state index contributed by atoms with van der Waals surface area (Å²) < 4.78 is 3.76. The topological polar surface area (TPSA) is 75.1 Å². The van der Waals surface area contributed by atoms with Crippen molar-refractivity contribution in [2.24, 2.45) is 0 Å². The molecule has 0 bridgehead atoms. The molecule has 258 valence electrons. The molecule has 0 spiro atoms. The Bertz CT molecular complexity index is 2520. The van der Waals surface area contributed by atoms with E-state index in [0.29, 0.717) is 5.02 Å². The van der Waals surface area contributed by atoms with Crippen molar-refractivity contribution in [3.8, 4) is 44.8 Å². The Hall–Kier alpha value is -5.24. The van der Waals surface area contributed by atoms with E-state index in [9.17, 15) is 10.2 Å². The molecule has 1 unspecified atom stereocenters. The van der Waals surface area contributed by atoms with Gasteiger partial charge in [-0.2, -0.15) is 10.2 Å². The normalized spacial score (nSPS) is 13.9. The molecule has 6 nitrogen and oxygen atoms in total. The molecule has 0 radical (unpaired) electrons. The first-order valence-corrected chi connectivity index (χ1v) is 18.0. The summed E-state index contributed by atoms with van der Waals surface area (Å²) in [5, 5.41) is 30.2. The summed E-state index contributed by atoms with van der Waals surface area (Å²) in [5.41, 5.74) is 12.6. The van der Waals surface area contributed by atoms with E-state index in [1.54, 1.807) is 6.92 Å². The van der Waals surface area contributed by atoms with Gasteiger partial charge in [-0.25, -0.2) is 9.03 Å². The maximum Gasteiger partial charge on any atom is 0.0933 e. The molecule has 4 heterocycles. The smallest absolute Gasteiger partial charge is 0.0933 e. The number of aliphatic hydroxyl groups is 2. The number of rotatable bonds is 7. The SMILES string of the molecule is CC(O)c1cccc(-c2ccn3nc(-c4ccc(Cl)cc4)cc3c2)c1.OCC1(c2cccc(-c3ccn4nc(-c5ccc(Cl)cc5)cc4c3)c2)CC1. The number of aliphatic hydroxyl groups excluding tert-OH is 2. The zero-order valence-corrected chi connectivity index (χ0v) is 30.0. The van der Waals surface area contributed by atoms with Crippen LogP contribution in [-0.2, 0) is 5.41 Å². The van der Waals surface area contributed by atoms with E-state index >= 15 is 0 Å². The number of hydrogen-bond donors (Lipinski definition) is 2. The van der Waals surface area contributed by atoms with Gasteiger partial charge in [0.05, 0.1) is 35.1 Å². The first-order valence-electron chi connectivity index (χ1n) is 17.3. The highest BCUT2D eigenvalue weighted by atomic mass is 35.5. The minimum absolute atomic E-state index is 0.0154. The summed E-state index contributed by atoms with van der Waals surface area (Å²) in [6.07, 6.45) is 5.61. The van der Waals surface area contributed by atoms with Crippen LogP contribution in [-0.4, -0.2) is 36.0 Å². The summed E-state index contributed by atoms with van der Waals surface area (Å²) in [6, 6.07) is 44.5. The van der Waals surface area contributed by atoms with E-state index in [1.165, 1.54) is 11.1 Å². The molecule has 1 fully saturated rings. The molecule has 4 aromatic heterocycles. The van der Waals surface area contributed by atoms with Crippen LogP contribution >= 0.6 is 23.2 Å². The summed E-state index contributed by atoms with van der Waals surface area (Å²) in [4.78, 5) is 0. The Morgan fingerprint density at radius 3 is 1.56 bits per heavy atom. The lowest BCUT2D eigenvalue weighted by Crippen LogP contribution is -2.11. The molecule has 0 saturated heterocycles. The number of fused-ring (bicyclic) bond motifs is 2. The number of nitrogens with zero attached hydrogens (tertiary/aromatic N) is 4. The van der Waals surface area contributed by atoms with E-state index in [2.05, 4.69) is 64.8 Å². The van der Waals surface area contributed by atoms with Gasteiger partial charge >= 0.3 is 0 Å². The van der Waals surface area contributed by atoms with Gasteiger partial charge in [-0.05, 0) is 120 Å². The van der Waals surface area contributed by atoms with Gasteiger partial charge in [0.2, 0.25) is 0 Å².